The normalized spacial score (nSPS) is 20.2. The molecule has 3 N–H and O–H groups in total. The second-order valence-electron chi connectivity index (χ2n) is 6.75. The standard InChI is InChI=1S/C16H24N4/c1-16(2,3)15-19-13-7-6-11(9-14(13)20-15)18-12-5-4-8-17-10-12/h6-7,9,12,17-18H,4-5,8,10H2,1-3H3,(H,19,20). The Labute approximate surface area is 120 Å². The summed E-state index contributed by atoms with van der Waals surface area (Å²) in [6.45, 7) is 8.73. The lowest BCUT2D eigenvalue weighted by Gasteiger charge is -2.24. The molecule has 0 radical (unpaired) electrons. The van der Waals surface area contributed by atoms with Crippen LogP contribution in [0.5, 0.6) is 0 Å². The van der Waals surface area contributed by atoms with E-state index in [0.717, 1.165) is 29.9 Å². The SMILES string of the molecule is CC(C)(C)c1nc2ccc(NC3CCCNC3)cc2[nH]1. The van der Waals surface area contributed by atoms with E-state index in [1.54, 1.807) is 0 Å². The number of fused-ring (bicyclic) bond motifs is 1. The predicted molar refractivity (Wildman–Crippen MR) is 84.3 cm³/mol. The van der Waals surface area contributed by atoms with Crippen LogP contribution in [0.4, 0.5) is 5.69 Å². The summed E-state index contributed by atoms with van der Waals surface area (Å²) in [7, 11) is 0. The number of hydrogen-bond donors (Lipinski definition) is 3. The van der Waals surface area contributed by atoms with Crippen molar-refractivity contribution in [2.75, 3.05) is 18.4 Å². The number of H-pyrrole nitrogens is 1. The maximum atomic E-state index is 4.68. The van der Waals surface area contributed by atoms with Crippen LogP contribution in [0.3, 0.4) is 0 Å². The van der Waals surface area contributed by atoms with Gasteiger partial charge in [-0.1, -0.05) is 20.8 Å². The molecule has 0 saturated carbocycles. The number of imidazole rings is 1. The highest BCUT2D eigenvalue weighted by Gasteiger charge is 2.18. The summed E-state index contributed by atoms with van der Waals surface area (Å²) < 4.78 is 0. The number of aromatic amines is 1. The molecule has 1 saturated heterocycles. The Hall–Kier alpha value is -1.55. The van der Waals surface area contributed by atoms with Crippen molar-refractivity contribution >= 4 is 16.7 Å². The summed E-state index contributed by atoms with van der Waals surface area (Å²) in [5.74, 6) is 1.05. The van der Waals surface area contributed by atoms with Crippen molar-refractivity contribution in [1.29, 1.82) is 0 Å². The van der Waals surface area contributed by atoms with Gasteiger partial charge in [0.15, 0.2) is 0 Å². The highest BCUT2D eigenvalue weighted by Crippen LogP contribution is 2.24. The van der Waals surface area contributed by atoms with Gasteiger partial charge in [0.05, 0.1) is 11.0 Å². The molecule has 4 nitrogen and oxygen atoms in total. The maximum Gasteiger partial charge on any atom is 0.112 e. The minimum Gasteiger partial charge on any atom is -0.381 e. The highest BCUT2D eigenvalue weighted by atomic mass is 15.0. The fraction of sp³-hybridized carbons (Fsp3) is 0.562. The van der Waals surface area contributed by atoms with E-state index in [1.807, 2.05) is 0 Å². The van der Waals surface area contributed by atoms with Gasteiger partial charge in [0, 0.05) is 23.7 Å². The Bertz CT molecular complexity index is 588. The summed E-state index contributed by atoms with van der Waals surface area (Å²) in [5.41, 5.74) is 3.39. The molecule has 4 heteroatoms. The van der Waals surface area contributed by atoms with Crippen molar-refractivity contribution in [2.24, 2.45) is 0 Å². The molecule has 1 atom stereocenters. The van der Waals surface area contributed by atoms with Crippen molar-refractivity contribution in [3.63, 3.8) is 0 Å². The Morgan fingerprint density at radius 1 is 1.30 bits per heavy atom. The maximum absolute atomic E-state index is 4.68. The molecule has 1 aliphatic heterocycles. The van der Waals surface area contributed by atoms with E-state index in [-0.39, 0.29) is 5.41 Å². The van der Waals surface area contributed by atoms with Gasteiger partial charge in [0.25, 0.3) is 0 Å². The quantitative estimate of drug-likeness (QED) is 0.787. The third kappa shape index (κ3) is 2.80. The van der Waals surface area contributed by atoms with Crippen molar-refractivity contribution in [3.05, 3.63) is 24.0 Å². The smallest absolute Gasteiger partial charge is 0.112 e. The third-order valence-electron chi connectivity index (χ3n) is 3.86. The van der Waals surface area contributed by atoms with Gasteiger partial charge in [-0.05, 0) is 37.6 Å². The number of hydrogen-bond acceptors (Lipinski definition) is 3. The van der Waals surface area contributed by atoms with Gasteiger partial charge >= 0.3 is 0 Å². The fourth-order valence-corrected chi connectivity index (χ4v) is 2.67. The van der Waals surface area contributed by atoms with Crippen molar-refractivity contribution in [3.8, 4) is 0 Å². The zero-order chi connectivity index (χ0) is 14.2. The Morgan fingerprint density at radius 2 is 2.15 bits per heavy atom. The molecule has 20 heavy (non-hydrogen) atoms. The fourth-order valence-electron chi connectivity index (χ4n) is 2.67. The first kappa shape index (κ1) is 13.4. The molecule has 0 amide bonds. The zero-order valence-electron chi connectivity index (χ0n) is 12.6. The van der Waals surface area contributed by atoms with Crippen LogP contribution in [-0.2, 0) is 5.41 Å². The monoisotopic (exact) mass is 272 g/mol. The second kappa shape index (κ2) is 5.09. The van der Waals surface area contributed by atoms with Crippen LogP contribution in [0.15, 0.2) is 18.2 Å². The molecule has 1 aromatic carbocycles. The molecule has 2 aromatic rings. The number of nitrogens with zero attached hydrogens (tertiary/aromatic N) is 1. The van der Waals surface area contributed by atoms with Crippen molar-refractivity contribution < 1.29 is 0 Å². The second-order valence-corrected chi connectivity index (χ2v) is 6.75. The van der Waals surface area contributed by atoms with E-state index in [1.165, 1.54) is 18.5 Å². The molecule has 1 unspecified atom stereocenters. The minimum atomic E-state index is 0.0555. The van der Waals surface area contributed by atoms with Crippen LogP contribution in [0.2, 0.25) is 0 Å². The van der Waals surface area contributed by atoms with Crippen LogP contribution < -0.4 is 10.6 Å². The Morgan fingerprint density at radius 3 is 2.85 bits per heavy atom. The Kier molecular flexibility index (Phi) is 3.42. The van der Waals surface area contributed by atoms with E-state index >= 15 is 0 Å². The minimum absolute atomic E-state index is 0.0555. The number of anilines is 1. The van der Waals surface area contributed by atoms with Crippen molar-refractivity contribution in [1.82, 2.24) is 15.3 Å². The summed E-state index contributed by atoms with van der Waals surface area (Å²) >= 11 is 0. The first-order valence-corrected chi connectivity index (χ1v) is 7.50. The molecule has 0 bridgehead atoms. The number of aromatic nitrogens is 2. The van der Waals surface area contributed by atoms with E-state index in [4.69, 9.17) is 0 Å². The molecule has 0 aliphatic carbocycles. The van der Waals surface area contributed by atoms with Crippen LogP contribution in [-0.4, -0.2) is 29.1 Å². The van der Waals surface area contributed by atoms with E-state index in [0.29, 0.717) is 6.04 Å². The molecule has 1 aliphatic rings. The van der Waals surface area contributed by atoms with E-state index in [9.17, 15) is 0 Å². The lowest BCUT2D eigenvalue weighted by atomic mass is 9.96. The van der Waals surface area contributed by atoms with Gasteiger partial charge in [-0.3, -0.25) is 0 Å². The molecular weight excluding hydrogens is 248 g/mol. The zero-order valence-corrected chi connectivity index (χ0v) is 12.6. The first-order valence-electron chi connectivity index (χ1n) is 7.50. The van der Waals surface area contributed by atoms with E-state index < -0.39 is 0 Å². The van der Waals surface area contributed by atoms with Crippen LogP contribution in [0.25, 0.3) is 11.0 Å². The van der Waals surface area contributed by atoms with Gasteiger partial charge in [-0.25, -0.2) is 4.98 Å². The van der Waals surface area contributed by atoms with Crippen LogP contribution in [0.1, 0.15) is 39.4 Å². The number of nitrogens with one attached hydrogen (secondary N) is 3. The average Bonchev–Trinajstić information content (AvgIpc) is 2.83. The van der Waals surface area contributed by atoms with Crippen molar-refractivity contribution in [2.45, 2.75) is 45.1 Å². The molecule has 2 heterocycles. The van der Waals surface area contributed by atoms with Gasteiger partial charge in [-0.15, -0.1) is 0 Å². The predicted octanol–water partition coefficient (Wildman–Crippen LogP) is 3.02. The molecular formula is C16H24N4. The van der Waals surface area contributed by atoms with Gasteiger partial charge in [0.1, 0.15) is 5.82 Å². The number of rotatable bonds is 2. The summed E-state index contributed by atoms with van der Waals surface area (Å²) in [6.07, 6.45) is 2.49. The molecule has 1 aromatic heterocycles. The van der Waals surface area contributed by atoms with Crippen LogP contribution >= 0.6 is 0 Å². The first-order chi connectivity index (χ1) is 9.52. The van der Waals surface area contributed by atoms with E-state index in [2.05, 4.69) is 59.6 Å². The molecule has 108 valence electrons. The number of piperidine rings is 1. The largest absolute Gasteiger partial charge is 0.381 e. The number of benzene rings is 1. The summed E-state index contributed by atoms with van der Waals surface area (Å²) in [4.78, 5) is 8.12. The topological polar surface area (TPSA) is 52.7 Å². The molecule has 1 fully saturated rings. The van der Waals surface area contributed by atoms with Gasteiger partial charge in [0.2, 0.25) is 0 Å². The van der Waals surface area contributed by atoms with Gasteiger partial charge < -0.3 is 15.6 Å². The lowest BCUT2D eigenvalue weighted by molar-refractivity contribution is 0.480. The summed E-state index contributed by atoms with van der Waals surface area (Å²) in [6, 6.07) is 6.93. The molecule has 0 spiro atoms. The highest BCUT2D eigenvalue weighted by molar-refractivity contribution is 5.79. The Balaban J connectivity index is 1.82. The molecule has 3 rings (SSSR count). The lowest BCUT2D eigenvalue weighted by Crippen LogP contribution is -2.38. The third-order valence-corrected chi connectivity index (χ3v) is 3.86. The summed E-state index contributed by atoms with van der Waals surface area (Å²) in [5, 5.41) is 7.04. The average molecular weight is 272 g/mol. The van der Waals surface area contributed by atoms with Crippen LogP contribution in [0, 0.1) is 0 Å². The van der Waals surface area contributed by atoms with Gasteiger partial charge in [-0.2, -0.15) is 0 Å².